The van der Waals surface area contributed by atoms with Crippen molar-refractivity contribution in [1.29, 1.82) is 5.26 Å². The van der Waals surface area contributed by atoms with Gasteiger partial charge in [-0.2, -0.15) is 5.26 Å². The number of nitriles is 1. The zero-order chi connectivity index (χ0) is 10.7. The van der Waals surface area contributed by atoms with Crippen molar-refractivity contribution in [3.05, 3.63) is 28.7 Å². The summed E-state index contributed by atoms with van der Waals surface area (Å²) in [6.45, 7) is 0. The summed E-state index contributed by atoms with van der Waals surface area (Å²) in [4.78, 5) is 0. The molecule has 1 aromatic carbocycles. The quantitative estimate of drug-likeness (QED) is 0.820. The smallest absolute Gasteiger partial charge is 0.119 e. The third kappa shape index (κ3) is 2.51. The normalized spacial score (nSPS) is 24.8. The highest BCUT2D eigenvalue weighted by Crippen LogP contribution is 2.29. The van der Waals surface area contributed by atoms with E-state index in [9.17, 15) is 0 Å². The van der Waals surface area contributed by atoms with Crippen LogP contribution in [0.2, 0.25) is 0 Å². The van der Waals surface area contributed by atoms with Crippen LogP contribution in [0.1, 0.15) is 19.3 Å². The van der Waals surface area contributed by atoms with Crippen molar-refractivity contribution in [2.45, 2.75) is 25.4 Å². The molecule has 1 aromatic rings. The van der Waals surface area contributed by atoms with Crippen molar-refractivity contribution in [1.82, 2.24) is 0 Å². The lowest BCUT2D eigenvalue weighted by Gasteiger charge is -2.16. The first-order valence-electron chi connectivity index (χ1n) is 5.11. The molecule has 15 heavy (non-hydrogen) atoms. The van der Waals surface area contributed by atoms with Gasteiger partial charge in [0, 0.05) is 4.47 Å². The minimum Gasteiger partial charge on any atom is -0.489 e. The monoisotopic (exact) mass is 265 g/mol. The second-order valence-corrected chi connectivity index (χ2v) is 4.69. The van der Waals surface area contributed by atoms with Gasteiger partial charge in [0.25, 0.3) is 0 Å². The van der Waals surface area contributed by atoms with Gasteiger partial charge in [-0.1, -0.05) is 15.9 Å². The van der Waals surface area contributed by atoms with Gasteiger partial charge in [0.2, 0.25) is 0 Å². The molecule has 2 rings (SSSR count). The number of nitrogens with zero attached hydrogens (tertiary/aromatic N) is 1. The Morgan fingerprint density at radius 3 is 2.67 bits per heavy atom. The van der Waals surface area contributed by atoms with E-state index in [1.807, 2.05) is 24.3 Å². The van der Waals surface area contributed by atoms with Gasteiger partial charge < -0.3 is 4.74 Å². The molecule has 78 valence electrons. The summed E-state index contributed by atoms with van der Waals surface area (Å²) in [7, 11) is 0. The first-order valence-corrected chi connectivity index (χ1v) is 5.91. The molecular formula is C12H12BrNO. The van der Waals surface area contributed by atoms with Crippen LogP contribution in [0, 0.1) is 17.2 Å². The molecule has 1 aliphatic carbocycles. The van der Waals surface area contributed by atoms with Gasteiger partial charge in [-0.15, -0.1) is 0 Å². The van der Waals surface area contributed by atoms with Gasteiger partial charge >= 0.3 is 0 Å². The summed E-state index contributed by atoms with van der Waals surface area (Å²) in [5.41, 5.74) is 0. The average Bonchev–Trinajstić information content (AvgIpc) is 2.69. The van der Waals surface area contributed by atoms with Crippen molar-refractivity contribution in [2.24, 2.45) is 5.92 Å². The molecule has 1 aliphatic rings. The van der Waals surface area contributed by atoms with Crippen molar-refractivity contribution >= 4 is 15.9 Å². The predicted molar refractivity (Wildman–Crippen MR) is 61.5 cm³/mol. The molecule has 0 N–H and O–H groups in total. The van der Waals surface area contributed by atoms with Crippen LogP contribution in [0.4, 0.5) is 0 Å². The minimum absolute atomic E-state index is 0.0636. The van der Waals surface area contributed by atoms with Crippen LogP contribution in [-0.4, -0.2) is 6.10 Å². The molecule has 0 saturated heterocycles. The van der Waals surface area contributed by atoms with Crippen LogP contribution in [0.25, 0.3) is 0 Å². The fourth-order valence-electron chi connectivity index (χ4n) is 1.90. The molecule has 2 unspecified atom stereocenters. The predicted octanol–water partition coefficient (Wildman–Crippen LogP) is 3.52. The molecule has 0 aromatic heterocycles. The Morgan fingerprint density at radius 1 is 1.27 bits per heavy atom. The number of rotatable bonds is 2. The first-order chi connectivity index (χ1) is 7.29. The van der Waals surface area contributed by atoms with Gasteiger partial charge in [-0.3, -0.25) is 0 Å². The minimum atomic E-state index is 0.0636. The van der Waals surface area contributed by atoms with E-state index in [1.165, 1.54) is 0 Å². The second-order valence-electron chi connectivity index (χ2n) is 3.78. The van der Waals surface area contributed by atoms with E-state index in [0.29, 0.717) is 0 Å². The average molecular weight is 266 g/mol. The van der Waals surface area contributed by atoms with Gasteiger partial charge in [0.1, 0.15) is 11.9 Å². The van der Waals surface area contributed by atoms with Crippen LogP contribution >= 0.6 is 15.9 Å². The molecule has 2 nitrogen and oxygen atoms in total. The number of ether oxygens (including phenoxy) is 1. The van der Waals surface area contributed by atoms with E-state index >= 15 is 0 Å². The SMILES string of the molecule is N#CC1CCCC1Oc1ccc(Br)cc1. The second kappa shape index (κ2) is 4.67. The van der Waals surface area contributed by atoms with E-state index in [-0.39, 0.29) is 12.0 Å². The van der Waals surface area contributed by atoms with Crippen LogP contribution in [0.3, 0.4) is 0 Å². The Kier molecular flexibility index (Phi) is 3.27. The zero-order valence-corrected chi connectivity index (χ0v) is 9.90. The Balaban J connectivity index is 2.03. The van der Waals surface area contributed by atoms with E-state index in [4.69, 9.17) is 10.00 Å². The van der Waals surface area contributed by atoms with Gasteiger partial charge in [0.15, 0.2) is 0 Å². The Bertz CT molecular complexity index is 368. The Labute approximate surface area is 98.0 Å². The number of hydrogen-bond acceptors (Lipinski definition) is 2. The van der Waals surface area contributed by atoms with Crippen molar-refractivity contribution in [3.63, 3.8) is 0 Å². The summed E-state index contributed by atoms with van der Waals surface area (Å²) in [5.74, 6) is 0.916. The molecule has 0 bridgehead atoms. The number of hydrogen-bond donors (Lipinski definition) is 0. The Morgan fingerprint density at radius 2 is 2.00 bits per heavy atom. The van der Waals surface area contributed by atoms with Crippen LogP contribution in [0.15, 0.2) is 28.7 Å². The van der Waals surface area contributed by atoms with E-state index in [1.54, 1.807) is 0 Å². The summed E-state index contributed by atoms with van der Waals surface area (Å²) in [5, 5.41) is 8.92. The highest BCUT2D eigenvalue weighted by molar-refractivity contribution is 9.10. The van der Waals surface area contributed by atoms with E-state index in [2.05, 4.69) is 22.0 Å². The number of halogens is 1. The fourth-order valence-corrected chi connectivity index (χ4v) is 2.17. The van der Waals surface area contributed by atoms with Crippen LogP contribution < -0.4 is 4.74 Å². The van der Waals surface area contributed by atoms with Crippen LogP contribution in [-0.2, 0) is 0 Å². The third-order valence-corrected chi connectivity index (χ3v) is 3.25. The lowest BCUT2D eigenvalue weighted by Crippen LogP contribution is -2.19. The molecular weight excluding hydrogens is 254 g/mol. The maximum atomic E-state index is 8.92. The van der Waals surface area contributed by atoms with E-state index in [0.717, 1.165) is 29.5 Å². The van der Waals surface area contributed by atoms with Crippen molar-refractivity contribution < 1.29 is 4.74 Å². The Hall–Kier alpha value is -1.01. The van der Waals surface area contributed by atoms with Crippen molar-refractivity contribution in [3.8, 4) is 11.8 Å². The van der Waals surface area contributed by atoms with Gasteiger partial charge in [-0.05, 0) is 43.5 Å². The summed E-state index contributed by atoms with van der Waals surface area (Å²) < 4.78 is 6.83. The first kappa shape index (κ1) is 10.5. The largest absolute Gasteiger partial charge is 0.489 e. The molecule has 1 saturated carbocycles. The highest BCUT2D eigenvalue weighted by Gasteiger charge is 2.28. The molecule has 0 spiro atoms. The lowest BCUT2D eigenvalue weighted by molar-refractivity contribution is 0.182. The zero-order valence-electron chi connectivity index (χ0n) is 8.32. The topological polar surface area (TPSA) is 33.0 Å². The molecule has 0 amide bonds. The molecule has 1 fully saturated rings. The summed E-state index contributed by atoms with van der Waals surface area (Å²) in [6, 6.07) is 10.1. The fraction of sp³-hybridized carbons (Fsp3) is 0.417. The summed E-state index contributed by atoms with van der Waals surface area (Å²) in [6.07, 6.45) is 3.14. The third-order valence-electron chi connectivity index (χ3n) is 2.72. The summed E-state index contributed by atoms with van der Waals surface area (Å²) >= 11 is 3.38. The standard InChI is InChI=1S/C12H12BrNO/c13-10-4-6-11(7-5-10)15-12-3-1-2-9(12)8-14/h4-7,9,12H,1-3H2. The lowest BCUT2D eigenvalue weighted by atomic mass is 10.1. The maximum Gasteiger partial charge on any atom is 0.119 e. The van der Waals surface area contributed by atoms with E-state index < -0.39 is 0 Å². The molecule has 2 atom stereocenters. The highest BCUT2D eigenvalue weighted by atomic mass is 79.9. The van der Waals surface area contributed by atoms with Gasteiger partial charge in [-0.25, -0.2) is 0 Å². The molecule has 0 radical (unpaired) electrons. The van der Waals surface area contributed by atoms with Crippen LogP contribution in [0.5, 0.6) is 5.75 Å². The van der Waals surface area contributed by atoms with Crippen molar-refractivity contribution in [2.75, 3.05) is 0 Å². The molecule has 3 heteroatoms. The molecule has 0 aliphatic heterocycles. The maximum absolute atomic E-state index is 8.92. The number of benzene rings is 1. The molecule has 0 heterocycles. The van der Waals surface area contributed by atoms with Gasteiger partial charge in [0.05, 0.1) is 12.0 Å².